The van der Waals surface area contributed by atoms with Crippen LogP contribution in [-0.2, 0) is 32.5 Å². The van der Waals surface area contributed by atoms with E-state index in [1.54, 1.807) is 24.3 Å². The number of ether oxygens (including phenoxy) is 1. The number of nitrogens with one attached hydrogen (secondary N) is 8. The number of aromatic amines is 4. The Morgan fingerprint density at radius 2 is 1.01 bits per heavy atom. The zero-order chi connectivity index (χ0) is 49.9. The third kappa shape index (κ3) is 14.5. The summed E-state index contributed by atoms with van der Waals surface area (Å²) in [6, 6.07) is 18.6. The molecule has 4 aromatic carbocycles. The molecule has 0 radical (unpaired) electrons. The maximum absolute atomic E-state index is 14.2. The molecule has 360 valence electrons. The molecule has 69 heavy (non-hydrogen) atoms. The van der Waals surface area contributed by atoms with Crippen LogP contribution in [0.5, 0.6) is 11.5 Å². The summed E-state index contributed by atoms with van der Waals surface area (Å²) in [5.41, 5.74) is 0.450. The van der Waals surface area contributed by atoms with Crippen LogP contribution in [0.4, 0.5) is 63.8 Å². The second kappa shape index (κ2) is 21.9. The molecule has 0 aliphatic carbocycles. The molecule has 0 spiro atoms. The van der Waals surface area contributed by atoms with Gasteiger partial charge in [-0.15, -0.1) is 11.6 Å². The number of anilines is 8. The zero-order valence-corrected chi connectivity index (χ0v) is 36.9. The Kier molecular flexibility index (Phi) is 15.9. The number of benzene rings is 4. The molecule has 0 unspecified atom stereocenters. The van der Waals surface area contributed by atoms with Crippen LogP contribution in [0.3, 0.4) is 0 Å². The molecular weight excluding hydrogens is 984 g/mol. The molecule has 4 heterocycles. The standard InChI is InChI=1S/C19H16F2N8O4S.C16H13F2N5O3S.C3H4ClN3O/c20-13-6-3-11(7-15(13)34(22,31)32)25-18-23-8-14(21)17(27-18)24-10-1-4-12(5-2-10)33-9-16-26-19(30)29-28-16;17-12-6-3-10(7-14(12)27(19,25)26)22-16-20-8-13(18)15(23-16)21-9-1-4-11(24)5-2-9;4-1-2-5-3(8)7-6-2/h1-8H,9H2,(H2,22,31,32)(H2,23,24,25,27)(H2,26,28,29,30);1-8,24H,(H2,19,25,26)(H2,20,21,22,23);1H2,(H2,5,6,7,8). The molecule has 31 heteroatoms. The van der Waals surface area contributed by atoms with Crippen LogP contribution in [0.2, 0.25) is 0 Å². The maximum Gasteiger partial charge on any atom is 0.340 e. The summed E-state index contributed by atoms with van der Waals surface area (Å²) in [6.45, 7) is 0.0393. The highest BCUT2D eigenvalue weighted by Gasteiger charge is 2.18. The van der Waals surface area contributed by atoms with E-state index in [-0.39, 0.29) is 58.8 Å². The number of aromatic hydroxyl groups is 1. The fourth-order valence-electron chi connectivity index (χ4n) is 5.23. The average molecular weight is 1020 g/mol. The molecule has 0 saturated heterocycles. The van der Waals surface area contributed by atoms with Crippen molar-refractivity contribution < 1.29 is 44.2 Å². The highest BCUT2D eigenvalue weighted by molar-refractivity contribution is 7.89. The van der Waals surface area contributed by atoms with Gasteiger partial charge >= 0.3 is 11.4 Å². The Hall–Kier alpha value is -8.45. The molecule has 13 N–H and O–H groups in total. The van der Waals surface area contributed by atoms with Crippen molar-refractivity contribution in [1.29, 1.82) is 0 Å². The number of H-pyrrole nitrogens is 4. The van der Waals surface area contributed by atoms with E-state index in [4.69, 9.17) is 26.6 Å². The molecule has 0 aliphatic heterocycles. The fraction of sp³-hybridized carbons (Fsp3) is 0.0526. The lowest BCUT2D eigenvalue weighted by Crippen LogP contribution is -2.14. The van der Waals surface area contributed by atoms with Crippen molar-refractivity contribution >= 4 is 77.9 Å². The normalized spacial score (nSPS) is 11.1. The minimum Gasteiger partial charge on any atom is -0.508 e. The molecule has 0 bridgehead atoms. The minimum atomic E-state index is -4.29. The van der Waals surface area contributed by atoms with Gasteiger partial charge in [0.2, 0.25) is 31.9 Å². The van der Waals surface area contributed by atoms with E-state index in [9.17, 15) is 49.1 Å². The number of aromatic nitrogens is 10. The first-order valence-electron chi connectivity index (χ1n) is 18.8. The van der Waals surface area contributed by atoms with Crippen LogP contribution < -0.4 is 47.7 Å². The number of nitrogens with zero attached hydrogens (tertiary/aromatic N) is 6. The summed E-state index contributed by atoms with van der Waals surface area (Å²) in [4.78, 5) is 40.2. The van der Waals surface area contributed by atoms with Gasteiger partial charge in [-0.25, -0.2) is 74.4 Å². The van der Waals surface area contributed by atoms with Gasteiger partial charge in [0.05, 0.1) is 18.3 Å². The number of hydrogen-bond donors (Lipinski definition) is 11. The lowest BCUT2D eigenvalue weighted by Gasteiger charge is -2.11. The Labute approximate surface area is 389 Å². The minimum absolute atomic E-state index is 0.0393. The molecule has 0 amide bonds. The van der Waals surface area contributed by atoms with Crippen molar-refractivity contribution in [3.63, 3.8) is 0 Å². The summed E-state index contributed by atoms with van der Waals surface area (Å²) in [5, 5.41) is 41.7. The molecule has 8 aromatic rings. The first-order chi connectivity index (χ1) is 32.7. The number of nitrogens with two attached hydrogens (primary N) is 2. The van der Waals surface area contributed by atoms with E-state index >= 15 is 0 Å². The van der Waals surface area contributed by atoms with Gasteiger partial charge in [0.1, 0.15) is 45.4 Å². The third-order valence-electron chi connectivity index (χ3n) is 8.33. The summed E-state index contributed by atoms with van der Waals surface area (Å²) < 4.78 is 107. The largest absolute Gasteiger partial charge is 0.508 e. The first kappa shape index (κ1) is 50.0. The summed E-state index contributed by atoms with van der Waals surface area (Å²) in [6.07, 6.45) is 1.81. The summed E-state index contributed by atoms with van der Waals surface area (Å²) in [5.74, 6) is -2.43. The van der Waals surface area contributed by atoms with Crippen molar-refractivity contribution in [3.8, 4) is 11.5 Å². The van der Waals surface area contributed by atoms with E-state index in [0.29, 0.717) is 28.8 Å². The van der Waals surface area contributed by atoms with Gasteiger partial charge in [0.25, 0.3) is 0 Å². The number of alkyl halides is 1. The summed E-state index contributed by atoms with van der Waals surface area (Å²) >= 11 is 5.29. The second-order valence-electron chi connectivity index (χ2n) is 13.4. The molecule has 0 fully saturated rings. The SMILES string of the molecule is NS(=O)(=O)c1cc(Nc2ncc(F)c(Nc3ccc(O)cc3)n2)ccc1F.NS(=O)(=O)c1cc(Nc2ncc(F)c(Nc3ccc(OCc4n[nH]c(=O)[nH]4)cc3)n2)ccc1F.O=c1[nH]nc(CCl)[nH]1. The van der Waals surface area contributed by atoms with Gasteiger partial charge in [-0.05, 0) is 84.9 Å². The van der Waals surface area contributed by atoms with Crippen LogP contribution >= 0.6 is 11.6 Å². The van der Waals surface area contributed by atoms with Crippen LogP contribution in [0.25, 0.3) is 0 Å². The number of hydrogen-bond acceptors (Lipinski definition) is 18. The van der Waals surface area contributed by atoms with E-state index in [2.05, 4.69) is 71.6 Å². The van der Waals surface area contributed by atoms with Gasteiger partial charge in [0.15, 0.2) is 29.1 Å². The first-order valence-corrected chi connectivity index (χ1v) is 22.5. The predicted octanol–water partition coefficient (Wildman–Crippen LogP) is 4.31. The molecule has 24 nitrogen and oxygen atoms in total. The fourth-order valence-corrected chi connectivity index (χ4v) is 6.62. The van der Waals surface area contributed by atoms with Crippen molar-refractivity contribution in [3.05, 3.63) is 153 Å². The number of halogens is 5. The average Bonchev–Trinajstić information content (AvgIpc) is 3.94. The topological polar surface area (TPSA) is 373 Å². The second-order valence-corrected chi connectivity index (χ2v) is 16.7. The third-order valence-corrected chi connectivity index (χ3v) is 10.4. The van der Waals surface area contributed by atoms with Crippen molar-refractivity contribution in [1.82, 2.24) is 50.3 Å². The van der Waals surface area contributed by atoms with E-state index in [1.807, 2.05) is 0 Å². The Balaban J connectivity index is 0.000000199. The smallest absolute Gasteiger partial charge is 0.340 e. The monoisotopic (exact) mass is 1020 g/mol. The van der Waals surface area contributed by atoms with Crippen molar-refractivity contribution in [2.45, 2.75) is 22.3 Å². The number of rotatable bonds is 14. The highest BCUT2D eigenvalue weighted by Crippen LogP contribution is 2.26. The lowest BCUT2D eigenvalue weighted by molar-refractivity contribution is 0.296. The van der Waals surface area contributed by atoms with Crippen molar-refractivity contribution in [2.24, 2.45) is 10.3 Å². The molecule has 0 atom stereocenters. The van der Waals surface area contributed by atoms with Crippen LogP contribution in [0.15, 0.2) is 117 Å². The van der Waals surface area contributed by atoms with Crippen LogP contribution in [0, 0.1) is 23.3 Å². The van der Waals surface area contributed by atoms with Crippen LogP contribution in [-0.4, -0.2) is 72.2 Å². The molecular formula is C38H33ClF4N16O8S2. The van der Waals surface area contributed by atoms with E-state index in [0.717, 1.165) is 36.7 Å². The van der Waals surface area contributed by atoms with Crippen molar-refractivity contribution in [2.75, 3.05) is 21.3 Å². The Morgan fingerprint density at radius 3 is 1.41 bits per heavy atom. The van der Waals surface area contributed by atoms with Gasteiger partial charge in [-0.2, -0.15) is 20.2 Å². The Bertz CT molecular complexity index is 3420. The van der Waals surface area contributed by atoms with Gasteiger partial charge in [0, 0.05) is 22.7 Å². The quantitative estimate of drug-likeness (QED) is 0.0410. The predicted molar refractivity (Wildman–Crippen MR) is 240 cm³/mol. The van der Waals surface area contributed by atoms with E-state index in [1.165, 1.54) is 36.4 Å². The number of primary sulfonamides is 2. The summed E-state index contributed by atoms with van der Waals surface area (Å²) in [7, 11) is -8.54. The van der Waals surface area contributed by atoms with Crippen LogP contribution in [0.1, 0.15) is 11.6 Å². The van der Waals surface area contributed by atoms with Gasteiger partial charge in [-0.3, -0.25) is 9.97 Å². The number of sulfonamides is 2. The molecule has 0 aliphatic rings. The number of phenolic OH excluding ortho intramolecular Hbond substituents is 1. The Morgan fingerprint density at radius 1 is 0.594 bits per heavy atom. The lowest BCUT2D eigenvalue weighted by atomic mass is 10.3. The number of phenols is 1. The van der Waals surface area contributed by atoms with E-state index < -0.39 is 58.8 Å². The van der Waals surface area contributed by atoms with Gasteiger partial charge in [-0.1, -0.05) is 0 Å². The molecule has 8 rings (SSSR count). The molecule has 0 saturated carbocycles. The highest BCUT2D eigenvalue weighted by atomic mass is 35.5. The zero-order valence-electron chi connectivity index (χ0n) is 34.5. The maximum atomic E-state index is 14.2. The van der Waals surface area contributed by atoms with Gasteiger partial charge < -0.3 is 31.1 Å². The molecule has 4 aromatic heterocycles.